The van der Waals surface area contributed by atoms with Gasteiger partial charge in [-0.3, -0.25) is 9.69 Å². The van der Waals surface area contributed by atoms with Gasteiger partial charge in [0, 0.05) is 20.1 Å². The molecule has 0 fully saturated rings. The Hall–Kier alpha value is -1.55. The van der Waals surface area contributed by atoms with E-state index in [9.17, 15) is 13.2 Å². The molecule has 0 N–H and O–H groups in total. The second-order valence-corrected chi connectivity index (χ2v) is 8.93. The van der Waals surface area contributed by atoms with Gasteiger partial charge in [0.05, 0.1) is 23.0 Å². The summed E-state index contributed by atoms with van der Waals surface area (Å²) in [4.78, 5) is 20.7. The smallest absolute Gasteiger partial charge is 0.244 e. The highest BCUT2D eigenvalue weighted by Gasteiger charge is 2.23. The lowest BCUT2D eigenvalue weighted by molar-refractivity contribution is -0.118. The molecule has 0 saturated carbocycles. The summed E-state index contributed by atoms with van der Waals surface area (Å²) in [6.07, 6.45) is 1.09. The number of hydrogen-bond acceptors (Lipinski definition) is 6. The van der Waals surface area contributed by atoms with Gasteiger partial charge in [-0.1, -0.05) is 23.5 Å². The molecule has 0 spiro atoms. The third kappa shape index (κ3) is 4.73. The van der Waals surface area contributed by atoms with Gasteiger partial charge in [0.2, 0.25) is 15.9 Å². The maximum Gasteiger partial charge on any atom is 0.244 e. The number of amides is 1. The van der Waals surface area contributed by atoms with Crippen molar-refractivity contribution < 1.29 is 13.2 Å². The molecule has 0 saturated heterocycles. The summed E-state index contributed by atoms with van der Waals surface area (Å²) in [6, 6.07) is 7.67. The van der Waals surface area contributed by atoms with Crippen LogP contribution in [0.3, 0.4) is 0 Å². The number of thiazole rings is 1. The maximum absolute atomic E-state index is 12.7. The number of para-hydroxylation sites is 1. The Morgan fingerprint density at radius 1 is 1.17 bits per heavy atom. The summed E-state index contributed by atoms with van der Waals surface area (Å²) in [5.74, 6) is -0.288. The number of carbonyl (C=O) groups excluding carboxylic acids is 1. The first-order valence-corrected chi connectivity index (χ1v) is 10.1. The minimum Gasteiger partial charge on any atom is -0.308 e. The van der Waals surface area contributed by atoms with Crippen LogP contribution in [0.25, 0.3) is 10.2 Å². The third-order valence-electron chi connectivity index (χ3n) is 3.51. The molecule has 7 nitrogen and oxygen atoms in total. The Labute approximate surface area is 146 Å². The minimum absolute atomic E-state index is 0.206. The van der Waals surface area contributed by atoms with Crippen molar-refractivity contribution in [2.24, 2.45) is 0 Å². The summed E-state index contributed by atoms with van der Waals surface area (Å²) in [7, 11) is 1.83. The molecule has 132 valence electrons. The number of hydrogen-bond donors (Lipinski definition) is 0. The summed E-state index contributed by atoms with van der Waals surface area (Å²) >= 11 is 1.43. The van der Waals surface area contributed by atoms with Crippen LogP contribution in [0.1, 0.15) is 0 Å². The molecule has 9 heteroatoms. The second-order valence-electron chi connectivity index (χ2n) is 5.83. The van der Waals surface area contributed by atoms with Crippen molar-refractivity contribution in [3.05, 3.63) is 24.3 Å². The minimum atomic E-state index is -3.41. The molecule has 1 heterocycles. The maximum atomic E-state index is 12.7. The van der Waals surface area contributed by atoms with Crippen LogP contribution < -0.4 is 4.90 Å². The first kappa shape index (κ1) is 18.8. The van der Waals surface area contributed by atoms with Gasteiger partial charge >= 0.3 is 0 Å². The van der Waals surface area contributed by atoms with Crippen molar-refractivity contribution >= 4 is 42.6 Å². The Balaban J connectivity index is 2.28. The van der Waals surface area contributed by atoms with E-state index in [1.807, 2.05) is 43.3 Å². The van der Waals surface area contributed by atoms with Crippen molar-refractivity contribution in [2.45, 2.75) is 0 Å². The lowest BCUT2D eigenvalue weighted by Crippen LogP contribution is -2.43. The van der Waals surface area contributed by atoms with Crippen molar-refractivity contribution in [1.29, 1.82) is 0 Å². The number of sulfonamides is 1. The Bertz CT molecular complexity index is 784. The Kier molecular flexibility index (Phi) is 5.92. The summed E-state index contributed by atoms with van der Waals surface area (Å²) in [5, 5.41) is 0.588. The normalized spacial score (nSPS) is 12.2. The fraction of sp³-hybridized carbons (Fsp3) is 0.467. The van der Waals surface area contributed by atoms with Gasteiger partial charge in [0.25, 0.3) is 0 Å². The van der Waals surface area contributed by atoms with Crippen LogP contribution in [0.5, 0.6) is 0 Å². The number of fused-ring (bicyclic) bond motifs is 1. The highest BCUT2D eigenvalue weighted by molar-refractivity contribution is 7.88. The van der Waals surface area contributed by atoms with Gasteiger partial charge in [0.15, 0.2) is 5.13 Å². The molecule has 0 bridgehead atoms. The predicted octanol–water partition coefficient (Wildman–Crippen LogP) is 1.08. The summed E-state index contributed by atoms with van der Waals surface area (Å²) < 4.78 is 25.2. The molecule has 0 aliphatic heterocycles. The molecular formula is C15H22N4O3S2. The average Bonchev–Trinajstić information content (AvgIpc) is 2.89. The van der Waals surface area contributed by atoms with Gasteiger partial charge in [-0.25, -0.2) is 13.4 Å². The van der Waals surface area contributed by atoms with Crippen molar-refractivity contribution in [3.63, 3.8) is 0 Å². The van der Waals surface area contributed by atoms with Crippen molar-refractivity contribution in [3.8, 4) is 0 Å². The molecule has 1 amide bonds. The Morgan fingerprint density at radius 3 is 2.42 bits per heavy atom. The highest BCUT2D eigenvalue weighted by atomic mass is 32.2. The van der Waals surface area contributed by atoms with Gasteiger partial charge in [-0.05, 0) is 26.2 Å². The summed E-state index contributed by atoms with van der Waals surface area (Å²) in [5.41, 5.74) is 0.830. The van der Waals surface area contributed by atoms with Gasteiger partial charge in [-0.2, -0.15) is 4.31 Å². The van der Waals surface area contributed by atoms with E-state index in [4.69, 9.17) is 0 Å². The van der Waals surface area contributed by atoms with Gasteiger partial charge < -0.3 is 4.90 Å². The lowest BCUT2D eigenvalue weighted by atomic mass is 10.3. The zero-order valence-corrected chi connectivity index (χ0v) is 15.9. The van der Waals surface area contributed by atoms with E-state index in [0.29, 0.717) is 18.2 Å². The fourth-order valence-electron chi connectivity index (χ4n) is 2.00. The molecule has 0 unspecified atom stereocenters. The SMILES string of the molecule is CN(C)CCN(C(=O)CN(C)S(C)(=O)=O)c1nc2ccccc2s1. The van der Waals surface area contributed by atoms with Crippen LogP contribution in [0.2, 0.25) is 0 Å². The van der Waals surface area contributed by atoms with Crippen LogP contribution in [-0.2, 0) is 14.8 Å². The molecule has 24 heavy (non-hydrogen) atoms. The Morgan fingerprint density at radius 2 is 1.83 bits per heavy atom. The molecule has 0 atom stereocenters. The van der Waals surface area contributed by atoms with Crippen LogP contribution in [0.4, 0.5) is 5.13 Å². The predicted molar refractivity (Wildman–Crippen MR) is 98.0 cm³/mol. The molecule has 0 aliphatic rings. The van der Waals surface area contributed by atoms with E-state index in [0.717, 1.165) is 20.8 Å². The number of nitrogens with zero attached hydrogens (tertiary/aromatic N) is 4. The van der Waals surface area contributed by atoms with Gasteiger partial charge in [0.1, 0.15) is 0 Å². The number of rotatable bonds is 7. The molecular weight excluding hydrogens is 348 g/mol. The number of carbonyl (C=O) groups is 1. The van der Waals surface area contributed by atoms with E-state index in [2.05, 4.69) is 4.98 Å². The molecule has 1 aromatic heterocycles. The standard InChI is InChI=1S/C15H22N4O3S2/c1-17(2)9-10-19(14(20)11-18(3)24(4,21)22)15-16-12-7-5-6-8-13(12)23-15/h5-8H,9-11H2,1-4H3. The quantitative estimate of drug-likeness (QED) is 0.729. The first-order chi connectivity index (χ1) is 11.2. The van der Waals surface area contributed by atoms with Crippen LogP contribution >= 0.6 is 11.3 Å². The third-order valence-corrected chi connectivity index (χ3v) is 5.83. The topological polar surface area (TPSA) is 73.8 Å². The zero-order chi connectivity index (χ0) is 17.9. The fourth-order valence-corrected chi connectivity index (χ4v) is 3.35. The first-order valence-electron chi connectivity index (χ1n) is 7.40. The van der Waals surface area contributed by atoms with E-state index in [1.165, 1.54) is 18.4 Å². The van der Waals surface area contributed by atoms with Gasteiger partial charge in [-0.15, -0.1) is 0 Å². The van der Waals surface area contributed by atoms with E-state index in [1.54, 1.807) is 4.90 Å². The van der Waals surface area contributed by atoms with Crippen LogP contribution in [0.15, 0.2) is 24.3 Å². The van der Waals surface area contributed by atoms with E-state index >= 15 is 0 Å². The number of anilines is 1. The number of aromatic nitrogens is 1. The highest BCUT2D eigenvalue weighted by Crippen LogP contribution is 2.28. The van der Waals surface area contributed by atoms with Crippen molar-refractivity contribution in [1.82, 2.24) is 14.2 Å². The molecule has 0 aliphatic carbocycles. The largest absolute Gasteiger partial charge is 0.308 e. The molecule has 2 rings (SSSR count). The summed E-state index contributed by atoms with van der Waals surface area (Å²) in [6.45, 7) is 0.899. The molecule has 0 radical (unpaired) electrons. The lowest BCUT2D eigenvalue weighted by Gasteiger charge is -2.24. The van der Waals surface area contributed by atoms with E-state index < -0.39 is 10.0 Å². The van der Waals surface area contributed by atoms with Crippen LogP contribution in [0, 0.1) is 0 Å². The molecule has 1 aromatic carbocycles. The monoisotopic (exact) mass is 370 g/mol. The molecule has 2 aromatic rings. The number of benzene rings is 1. The second kappa shape index (κ2) is 7.56. The average molecular weight is 371 g/mol. The number of likely N-dealkylation sites (N-methyl/N-ethyl adjacent to an activating group) is 2. The van der Waals surface area contributed by atoms with Crippen LogP contribution in [-0.4, -0.2) is 75.5 Å². The van der Waals surface area contributed by atoms with E-state index in [-0.39, 0.29) is 12.5 Å². The zero-order valence-electron chi connectivity index (χ0n) is 14.3. The van der Waals surface area contributed by atoms with Crippen molar-refractivity contribution in [2.75, 3.05) is 51.9 Å².